The first-order chi connectivity index (χ1) is 16.4. The van der Waals surface area contributed by atoms with Crippen LogP contribution in [-0.4, -0.2) is 53.3 Å². The lowest BCUT2D eigenvalue weighted by molar-refractivity contribution is -0.148. The Labute approximate surface area is 204 Å². The number of fused-ring (bicyclic) bond motifs is 3. The van der Waals surface area contributed by atoms with Crippen LogP contribution in [0.5, 0.6) is 0 Å². The molecular weight excluding hydrogens is 452 g/mol. The van der Waals surface area contributed by atoms with Gasteiger partial charge in [0.05, 0.1) is 0 Å². The molecule has 0 unspecified atom stereocenters. The molecule has 182 valence electrons. The molecule has 7 nitrogen and oxygen atoms in total. The molecule has 0 aliphatic heterocycles. The lowest BCUT2D eigenvalue weighted by Gasteiger charge is -2.30. The fraction of sp³-hybridized carbons (Fsp3) is 0.423. The molecular formula is C26H32N2O5S. The van der Waals surface area contributed by atoms with Crippen LogP contribution in [0.25, 0.3) is 11.1 Å². The first kappa shape index (κ1) is 25.6. The SMILES string of the molecule is CCC(CC)(NC(=O)[C@@H](CCSC)NC(=O)OCC1c2ccccc2-c2ccccc21)C(=O)O. The summed E-state index contributed by atoms with van der Waals surface area (Å²) in [7, 11) is 0. The van der Waals surface area contributed by atoms with E-state index in [-0.39, 0.29) is 25.4 Å². The molecule has 0 saturated carbocycles. The van der Waals surface area contributed by atoms with Crippen LogP contribution in [0.15, 0.2) is 48.5 Å². The van der Waals surface area contributed by atoms with Crippen LogP contribution in [0.3, 0.4) is 0 Å². The van der Waals surface area contributed by atoms with E-state index >= 15 is 0 Å². The number of hydrogen-bond donors (Lipinski definition) is 3. The summed E-state index contributed by atoms with van der Waals surface area (Å²) >= 11 is 1.54. The zero-order chi connectivity index (χ0) is 24.7. The van der Waals surface area contributed by atoms with Crippen molar-refractivity contribution in [1.29, 1.82) is 0 Å². The molecule has 0 spiro atoms. The zero-order valence-corrected chi connectivity index (χ0v) is 20.6. The van der Waals surface area contributed by atoms with Gasteiger partial charge in [0.25, 0.3) is 0 Å². The number of hydrogen-bond acceptors (Lipinski definition) is 5. The van der Waals surface area contributed by atoms with Gasteiger partial charge >= 0.3 is 12.1 Å². The summed E-state index contributed by atoms with van der Waals surface area (Å²) in [5, 5.41) is 14.9. The Morgan fingerprint density at radius 1 is 1.03 bits per heavy atom. The maximum absolute atomic E-state index is 13.0. The Hall–Kier alpha value is -3.00. The van der Waals surface area contributed by atoms with Crippen LogP contribution >= 0.6 is 11.8 Å². The molecule has 0 aromatic heterocycles. The van der Waals surface area contributed by atoms with E-state index in [0.29, 0.717) is 12.2 Å². The Bertz CT molecular complexity index is 992. The van der Waals surface area contributed by atoms with Crippen molar-refractivity contribution >= 4 is 29.7 Å². The van der Waals surface area contributed by atoms with Gasteiger partial charge in [0.1, 0.15) is 18.2 Å². The van der Waals surface area contributed by atoms with Gasteiger partial charge in [-0.15, -0.1) is 0 Å². The average molecular weight is 485 g/mol. The van der Waals surface area contributed by atoms with Crippen LogP contribution in [0, 0.1) is 0 Å². The van der Waals surface area contributed by atoms with Crippen molar-refractivity contribution < 1.29 is 24.2 Å². The summed E-state index contributed by atoms with van der Waals surface area (Å²) in [5.41, 5.74) is 3.11. The van der Waals surface area contributed by atoms with Gasteiger partial charge in [-0.25, -0.2) is 9.59 Å². The normalized spacial score (nSPS) is 13.5. The molecule has 2 aromatic carbocycles. The van der Waals surface area contributed by atoms with Crippen molar-refractivity contribution in [3.63, 3.8) is 0 Å². The fourth-order valence-corrected chi connectivity index (χ4v) is 4.86. The monoisotopic (exact) mass is 484 g/mol. The highest BCUT2D eigenvalue weighted by atomic mass is 32.2. The second-order valence-corrected chi connectivity index (χ2v) is 9.37. The van der Waals surface area contributed by atoms with E-state index < -0.39 is 29.6 Å². The fourth-order valence-electron chi connectivity index (χ4n) is 4.39. The van der Waals surface area contributed by atoms with Crippen LogP contribution in [0.4, 0.5) is 4.79 Å². The second kappa shape index (κ2) is 11.4. The highest BCUT2D eigenvalue weighted by molar-refractivity contribution is 7.98. The molecule has 2 amide bonds. The Morgan fingerprint density at radius 3 is 2.09 bits per heavy atom. The number of carbonyl (C=O) groups is 3. The third-order valence-electron chi connectivity index (χ3n) is 6.54. The zero-order valence-electron chi connectivity index (χ0n) is 19.8. The van der Waals surface area contributed by atoms with Gasteiger partial charge in [-0.1, -0.05) is 62.4 Å². The smallest absolute Gasteiger partial charge is 0.407 e. The molecule has 0 bridgehead atoms. The number of carboxylic acid groups (broad SMARTS) is 1. The van der Waals surface area contributed by atoms with E-state index in [1.165, 1.54) is 0 Å². The molecule has 1 aliphatic carbocycles. The van der Waals surface area contributed by atoms with Gasteiger partial charge in [-0.3, -0.25) is 4.79 Å². The van der Waals surface area contributed by atoms with Gasteiger partial charge in [0.15, 0.2) is 0 Å². The number of carbonyl (C=O) groups excluding carboxylic acids is 2. The molecule has 0 fully saturated rings. The van der Waals surface area contributed by atoms with Crippen molar-refractivity contribution in [3.8, 4) is 11.1 Å². The number of amides is 2. The van der Waals surface area contributed by atoms with Crippen molar-refractivity contribution in [1.82, 2.24) is 10.6 Å². The summed E-state index contributed by atoms with van der Waals surface area (Å²) in [4.78, 5) is 37.5. The topological polar surface area (TPSA) is 105 Å². The van der Waals surface area contributed by atoms with Crippen molar-refractivity contribution in [2.45, 2.75) is 50.6 Å². The number of nitrogens with one attached hydrogen (secondary N) is 2. The molecule has 1 aliphatic rings. The standard InChI is InChI=1S/C26H32N2O5S/c1-4-26(5-2,24(30)31)28-23(29)22(14-15-34-3)27-25(32)33-16-21-19-12-8-6-10-17(19)18-11-7-9-13-20(18)21/h6-13,21-22H,4-5,14-16H2,1-3H3,(H,27,32)(H,28,29)(H,30,31)/t22-/m1/s1. The second-order valence-electron chi connectivity index (χ2n) is 8.39. The van der Waals surface area contributed by atoms with E-state index in [1.54, 1.807) is 25.6 Å². The molecule has 0 radical (unpaired) electrons. The summed E-state index contributed by atoms with van der Waals surface area (Å²) in [5.74, 6) is -1.07. The predicted octanol–water partition coefficient (Wildman–Crippen LogP) is 4.41. The van der Waals surface area contributed by atoms with Crippen molar-refractivity contribution in [2.24, 2.45) is 0 Å². The highest BCUT2D eigenvalue weighted by Crippen LogP contribution is 2.44. The van der Waals surface area contributed by atoms with E-state index in [0.717, 1.165) is 22.3 Å². The first-order valence-corrected chi connectivity index (χ1v) is 12.9. The summed E-state index contributed by atoms with van der Waals surface area (Å²) in [6.45, 7) is 3.57. The van der Waals surface area contributed by atoms with Crippen LogP contribution < -0.4 is 10.6 Å². The van der Waals surface area contributed by atoms with Crippen molar-refractivity contribution in [3.05, 3.63) is 59.7 Å². The molecule has 0 saturated heterocycles. The average Bonchev–Trinajstić information content (AvgIpc) is 3.17. The largest absolute Gasteiger partial charge is 0.480 e. The molecule has 1 atom stereocenters. The minimum atomic E-state index is -1.36. The van der Waals surface area contributed by atoms with E-state index in [2.05, 4.69) is 22.8 Å². The van der Waals surface area contributed by atoms with Crippen LogP contribution in [0.1, 0.15) is 50.2 Å². The van der Waals surface area contributed by atoms with E-state index in [4.69, 9.17) is 4.74 Å². The number of carboxylic acids is 1. The lowest BCUT2D eigenvalue weighted by atomic mass is 9.92. The van der Waals surface area contributed by atoms with Crippen LogP contribution in [0.2, 0.25) is 0 Å². The molecule has 0 heterocycles. The Balaban J connectivity index is 1.69. The third-order valence-corrected chi connectivity index (χ3v) is 7.19. The number of rotatable bonds is 11. The molecule has 2 aromatic rings. The summed E-state index contributed by atoms with van der Waals surface area (Å²) in [6, 6.07) is 15.2. The molecule has 8 heteroatoms. The molecule has 3 N–H and O–H groups in total. The number of alkyl carbamates (subject to hydrolysis) is 1. The van der Waals surface area contributed by atoms with E-state index in [1.807, 2.05) is 42.7 Å². The Kier molecular flexibility index (Phi) is 8.61. The van der Waals surface area contributed by atoms with Gasteiger partial charge in [-0.2, -0.15) is 11.8 Å². The first-order valence-electron chi connectivity index (χ1n) is 11.5. The summed E-state index contributed by atoms with van der Waals surface area (Å²) in [6.07, 6.45) is 2.05. The predicted molar refractivity (Wildman–Crippen MR) is 134 cm³/mol. The lowest BCUT2D eigenvalue weighted by Crippen LogP contribution is -2.59. The third kappa shape index (κ3) is 5.38. The number of ether oxygens (including phenoxy) is 1. The minimum absolute atomic E-state index is 0.0866. The number of aliphatic carboxylic acids is 1. The van der Waals surface area contributed by atoms with E-state index in [9.17, 15) is 19.5 Å². The van der Waals surface area contributed by atoms with Gasteiger partial charge in [0.2, 0.25) is 5.91 Å². The van der Waals surface area contributed by atoms with Gasteiger partial charge < -0.3 is 20.5 Å². The van der Waals surface area contributed by atoms with Gasteiger partial charge in [0, 0.05) is 5.92 Å². The van der Waals surface area contributed by atoms with Crippen LogP contribution in [-0.2, 0) is 14.3 Å². The minimum Gasteiger partial charge on any atom is -0.480 e. The molecule has 3 rings (SSSR count). The number of benzene rings is 2. The maximum Gasteiger partial charge on any atom is 0.407 e. The quantitative estimate of drug-likeness (QED) is 0.437. The van der Waals surface area contributed by atoms with Gasteiger partial charge in [-0.05, 0) is 53.5 Å². The summed E-state index contributed by atoms with van der Waals surface area (Å²) < 4.78 is 5.58. The number of thioether (sulfide) groups is 1. The maximum atomic E-state index is 13.0. The van der Waals surface area contributed by atoms with Crippen molar-refractivity contribution in [2.75, 3.05) is 18.6 Å². The Morgan fingerprint density at radius 2 is 1.59 bits per heavy atom. The highest BCUT2D eigenvalue weighted by Gasteiger charge is 2.38. The molecule has 34 heavy (non-hydrogen) atoms.